The van der Waals surface area contributed by atoms with E-state index in [1.165, 1.54) is 7.05 Å². The van der Waals surface area contributed by atoms with E-state index in [-0.39, 0.29) is 5.88 Å². The lowest BCUT2D eigenvalue weighted by Crippen LogP contribution is -2.22. The number of fused-ring (bicyclic) bond motifs is 1. The summed E-state index contributed by atoms with van der Waals surface area (Å²) in [5.74, 6) is 0.255. The number of carbonyl (C=O) groups is 1. The van der Waals surface area contributed by atoms with E-state index in [1.807, 2.05) is 0 Å². The average Bonchev–Trinajstić information content (AvgIpc) is 2.60. The molecule has 1 aromatic heterocycles. The molecule has 84 valence electrons. The first-order valence-electron chi connectivity index (χ1n) is 4.34. The molecule has 6 heteroatoms. The third kappa shape index (κ3) is 1.88. The molecule has 1 heterocycles. The maximum Gasteiger partial charge on any atom is 0.413 e. The molecule has 0 aliphatic rings. The monoisotopic (exact) mass is 303 g/mol. The molecular weight excluding hydrogens is 297 g/mol. The molecule has 0 radical (unpaired) electrons. The minimum absolute atomic E-state index is 0.255. The molecule has 0 fully saturated rings. The summed E-state index contributed by atoms with van der Waals surface area (Å²) in [6.07, 6.45) is -1.08. The zero-order chi connectivity index (χ0) is 11.9. The second-order valence-electron chi connectivity index (χ2n) is 3.23. The largest absolute Gasteiger partial charge is 0.465 e. The van der Waals surface area contributed by atoms with Gasteiger partial charge in [-0.15, -0.1) is 0 Å². The van der Waals surface area contributed by atoms with Gasteiger partial charge in [-0.05, 0) is 22.0 Å². The summed E-state index contributed by atoms with van der Waals surface area (Å²) in [6.45, 7) is 0. The highest BCUT2D eigenvalue weighted by Crippen LogP contribution is 2.33. The number of furan rings is 1. The van der Waals surface area contributed by atoms with E-state index in [9.17, 15) is 4.79 Å². The van der Waals surface area contributed by atoms with Crippen molar-refractivity contribution >= 4 is 50.5 Å². The Bertz CT molecular complexity index is 566. The molecule has 1 aromatic carbocycles. The summed E-state index contributed by atoms with van der Waals surface area (Å²) in [7, 11) is 1.41. The molecule has 0 atom stereocenters. The predicted octanol–water partition coefficient (Wildman–Crippen LogP) is 3.96. The Kier molecular flexibility index (Phi) is 2.82. The highest BCUT2D eigenvalue weighted by molar-refractivity contribution is 9.10. The Hall–Kier alpha value is -1.20. The van der Waals surface area contributed by atoms with Crippen LogP contribution in [0.2, 0.25) is 5.02 Å². The van der Waals surface area contributed by atoms with E-state index in [1.54, 1.807) is 18.2 Å². The summed E-state index contributed by atoms with van der Waals surface area (Å²) in [5.41, 5.74) is 0.544. The quantitative estimate of drug-likeness (QED) is 0.867. The van der Waals surface area contributed by atoms with Crippen molar-refractivity contribution in [2.75, 3.05) is 11.9 Å². The second-order valence-corrected chi connectivity index (χ2v) is 4.52. The topological polar surface area (TPSA) is 53.7 Å². The molecule has 1 N–H and O–H groups in total. The third-order valence-corrected chi connectivity index (χ3v) is 3.03. The fourth-order valence-corrected chi connectivity index (χ4v) is 2.21. The molecular formula is C10H7BrClNO3. The maximum atomic E-state index is 10.8. The SMILES string of the molecule is CN(C(=O)O)c1cc2c(Br)cc(Cl)cc2o1. The van der Waals surface area contributed by atoms with Crippen LogP contribution in [0.3, 0.4) is 0 Å². The van der Waals surface area contributed by atoms with Crippen LogP contribution in [0.5, 0.6) is 0 Å². The lowest BCUT2D eigenvalue weighted by atomic mass is 10.2. The summed E-state index contributed by atoms with van der Waals surface area (Å²) in [6, 6.07) is 5.01. The molecule has 0 saturated carbocycles. The first-order chi connectivity index (χ1) is 7.49. The van der Waals surface area contributed by atoms with E-state index in [4.69, 9.17) is 21.1 Å². The molecule has 0 bridgehead atoms. The van der Waals surface area contributed by atoms with E-state index in [0.717, 1.165) is 14.8 Å². The molecule has 0 unspecified atom stereocenters. The number of nitrogens with zero attached hydrogens (tertiary/aromatic N) is 1. The molecule has 2 aromatic rings. The van der Waals surface area contributed by atoms with Crippen molar-refractivity contribution in [1.82, 2.24) is 0 Å². The van der Waals surface area contributed by atoms with Gasteiger partial charge in [-0.25, -0.2) is 4.79 Å². The second kappa shape index (κ2) is 3.99. The Morgan fingerprint density at radius 1 is 1.50 bits per heavy atom. The number of halogens is 2. The highest BCUT2D eigenvalue weighted by Gasteiger charge is 2.15. The molecule has 2 rings (SSSR count). The number of hydrogen-bond acceptors (Lipinski definition) is 2. The molecule has 0 aliphatic carbocycles. The van der Waals surface area contributed by atoms with Gasteiger partial charge < -0.3 is 9.52 Å². The smallest absolute Gasteiger partial charge is 0.413 e. The predicted molar refractivity (Wildman–Crippen MR) is 65.4 cm³/mol. The number of anilines is 1. The minimum atomic E-state index is -1.08. The van der Waals surface area contributed by atoms with E-state index in [2.05, 4.69) is 15.9 Å². The average molecular weight is 305 g/mol. The normalized spacial score (nSPS) is 10.7. The van der Waals surface area contributed by atoms with Crippen LogP contribution in [0.15, 0.2) is 27.1 Å². The van der Waals surface area contributed by atoms with Crippen LogP contribution >= 0.6 is 27.5 Å². The van der Waals surface area contributed by atoms with Gasteiger partial charge in [-0.3, -0.25) is 4.90 Å². The maximum absolute atomic E-state index is 10.8. The van der Waals surface area contributed by atoms with Crippen LogP contribution in [0.1, 0.15) is 0 Å². The Morgan fingerprint density at radius 3 is 2.81 bits per heavy atom. The summed E-state index contributed by atoms with van der Waals surface area (Å²) < 4.78 is 6.15. The summed E-state index contributed by atoms with van der Waals surface area (Å²) >= 11 is 9.19. The van der Waals surface area contributed by atoms with Crippen LogP contribution in [-0.4, -0.2) is 18.2 Å². The highest BCUT2D eigenvalue weighted by atomic mass is 79.9. The van der Waals surface area contributed by atoms with Gasteiger partial charge >= 0.3 is 6.09 Å². The standard InChI is InChI=1S/C10H7BrClNO3/c1-13(10(14)15)9-4-6-7(11)2-5(12)3-8(6)16-9/h2-4H,1H3,(H,14,15). The van der Waals surface area contributed by atoms with Crippen LogP contribution in [0, 0.1) is 0 Å². The lowest BCUT2D eigenvalue weighted by molar-refractivity contribution is 0.202. The number of amides is 1. The fourth-order valence-electron chi connectivity index (χ4n) is 1.31. The molecule has 0 aliphatic heterocycles. The van der Waals surface area contributed by atoms with Crippen molar-refractivity contribution in [3.05, 3.63) is 27.7 Å². The van der Waals surface area contributed by atoms with Crippen molar-refractivity contribution in [3.8, 4) is 0 Å². The molecule has 16 heavy (non-hydrogen) atoms. The number of benzene rings is 1. The van der Waals surface area contributed by atoms with Gasteiger partial charge in [-0.2, -0.15) is 0 Å². The van der Waals surface area contributed by atoms with Crippen molar-refractivity contribution < 1.29 is 14.3 Å². The van der Waals surface area contributed by atoms with Gasteiger partial charge in [0, 0.05) is 34.1 Å². The van der Waals surface area contributed by atoms with Crippen molar-refractivity contribution in [1.29, 1.82) is 0 Å². The molecule has 1 amide bonds. The summed E-state index contributed by atoms with van der Waals surface area (Å²) in [5, 5.41) is 10.1. The van der Waals surface area contributed by atoms with Crippen LogP contribution < -0.4 is 4.90 Å². The van der Waals surface area contributed by atoms with Crippen LogP contribution in [0.25, 0.3) is 11.0 Å². The number of hydrogen-bond donors (Lipinski definition) is 1. The van der Waals surface area contributed by atoms with E-state index in [0.29, 0.717) is 10.6 Å². The molecule has 0 spiro atoms. The van der Waals surface area contributed by atoms with Crippen LogP contribution in [0.4, 0.5) is 10.7 Å². The fraction of sp³-hybridized carbons (Fsp3) is 0.100. The lowest BCUT2D eigenvalue weighted by Gasteiger charge is -2.07. The Labute approximate surface area is 105 Å². The van der Waals surface area contributed by atoms with Gasteiger partial charge in [-0.1, -0.05) is 11.6 Å². The molecule has 0 saturated heterocycles. The van der Waals surface area contributed by atoms with Gasteiger partial charge in [0.15, 0.2) is 0 Å². The number of carboxylic acid groups (broad SMARTS) is 1. The van der Waals surface area contributed by atoms with E-state index < -0.39 is 6.09 Å². The first-order valence-corrected chi connectivity index (χ1v) is 5.51. The Morgan fingerprint density at radius 2 is 2.19 bits per heavy atom. The Balaban J connectivity index is 2.60. The van der Waals surface area contributed by atoms with Gasteiger partial charge in [0.1, 0.15) is 5.58 Å². The summed E-state index contributed by atoms with van der Waals surface area (Å²) in [4.78, 5) is 11.8. The van der Waals surface area contributed by atoms with Gasteiger partial charge in [0.05, 0.1) is 0 Å². The minimum Gasteiger partial charge on any atom is -0.465 e. The third-order valence-electron chi connectivity index (χ3n) is 2.16. The van der Waals surface area contributed by atoms with Crippen LogP contribution in [-0.2, 0) is 0 Å². The van der Waals surface area contributed by atoms with E-state index >= 15 is 0 Å². The number of rotatable bonds is 1. The zero-order valence-electron chi connectivity index (χ0n) is 8.20. The van der Waals surface area contributed by atoms with Crippen molar-refractivity contribution in [2.24, 2.45) is 0 Å². The van der Waals surface area contributed by atoms with Crippen molar-refractivity contribution in [2.45, 2.75) is 0 Å². The zero-order valence-corrected chi connectivity index (χ0v) is 10.5. The first kappa shape index (κ1) is 11.3. The van der Waals surface area contributed by atoms with Gasteiger partial charge in [0.25, 0.3) is 0 Å². The van der Waals surface area contributed by atoms with Crippen molar-refractivity contribution in [3.63, 3.8) is 0 Å². The molecule has 4 nitrogen and oxygen atoms in total. The van der Waals surface area contributed by atoms with Gasteiger partial charge in [0.2, 0.25) is 5.88 Å².